The molecule has 1 aliphatic heterocycles. The lowest BCUT2D eigenvalue weighted by molar-refractivity contribution is -0.138. The van der Waals surface area contributed by atoms with Gasteiger partial charge in [0.15, 0.2) is 11.5 Å². The maximum Gasteiger partial charge on any atom is 0.416 e. The number of alkyl halides is 3. The monoisotopic (exact) mass is 318 g/mol. The van der Waals surface area contributed by atoms with Crippen LogP contribution in [0.5, 0.6) is 11.5 Å². The lowest BCUT2D eigenvalue weighted by Crippen LogP contribution is -2.22. The average Bonchev–Trinajstić information content (AvgIpc) is 2.85. The van der Waals surface area contributed by atoms with Gasteiger partial charge in [-0.25, -0.2) is 0 Å². The summed E-state index contributed by atoms with van der Waals surface area (Å²) in [6, 6.07) is 2.12. The molecule has 0 aliphatic carbocycles. The predicted octanol–water partition coefficient (Wildman–Crippen LogP) is 2.67. The molecular weight excluding hydrogens is 297 g/mol. The van der Waals surface area contributed by atoms with Crippen molar-refractivity contribution >= 4 is 0 Å². The number of methoxy groups -OCH3 is 2. The first kappa shape index (κ1) is 16.9. The summed E-state index contributed by atoms with van der Waals surface area (Å²) in [5.74, 6) is 0.578. The molecule has 2 rings (SSSR count). The van der Waals surface area contributed by atoms with Crippen LogP contribution in [0.4, 0.5) is 13.2 Å². The normalized spacial score (nSPS) is 22.9. The van der Waals surface area contributed by atoms with Crippen molar-refractivity contribution in [2.24, 2.45) is 11.7 Å². The molecule has 4 nitrogen and oxygen atoms in total. The van der Waals surface area contributed by atoms with Gasteiger partial charge in [0.25, 0.3) is 0 Å². The van der Waals surface area contributed by atoms with E-state index in [1.54, 1.807) is 0 Å². The Morgan fingerprint density at radius 1 is 1.23 bits per heavy atom. The molecule has 124 valence electrons. The van der Waals surface area contributed by atoms with E-state index in [-0.39, 0.29) is 23.3 Å². The Morgan fingerprint density at radius 3 is 2.27 bits per heavy atom. The first-order chi connectivity index (χ1) is 10.3. The molecule has 0 bridgehead atoms. The Balaban J connectivity index is 2.53. The summed E-state index contributed by atoms with van der Waals surface area (Å²) >= 11 is 0. The zero-order valence-corrected chi connectivity index (χ0v) is 12.9. The van der Waals surface area contributed by atoms with E-state index in [9.17, 15) is 13.2 Å². The highest BCUT2D eigenvalue weighted by molar-refractivity contribution is 5.49. The zero-order valence-electron chi connectivity index (χ0n) is 12.9. The molecule has 1 saturated heterocycles. The van der Waals surface area contributed by atoms with Crippen molar-refractivity contribution in [2.45, 2.75) is 18.6 Å². The van der Waals surface area contributed by atoms with E-state index in [0.29, 0.717) is 25.3 Å². The van der Waals surface area contributed by atoms with Gasteiger partial charge in [-0.2, -0.15) is 13.2 Å². The fraction of sp³-hybridized carbons (Fsp3) is 0.600. The molecule has 0 saturated carbocycles. The van der Waals surface area contributed by atoms with Crippen LogP contribution in [0, 0.1) is 5.92 Å². The molecular formula is C15H21F3N2O2. The van der Waals surface area contributed by atoms with Gasteiger partial charge < -0.3 is 15.2 Å². The minimum Gasteiger partial charge on any atom is -0.493 e. The molecule has 2 atom stereocenters. The van der Waals surface area contributed by atoms with E-state index in [4.69, 9.17) is 15.2 Å². The molecule has 2 N–H and O–H groups in total. The number of benzene rings is 1. The highest BCUT2D eigenvalue weighted by Crippen LogP contribution is 2.45. The Morgan fingerprint density at radius 2 is 1.82 bits per heavy atom. The zero-order chi connectivity index (χ0) is 16.5. The van der Waals surface area contributed by atoms with Crippen LogP contribution in [-0.4, -0.2) is 39.3 Å². The van der Waals surface area contributed by atoms with Crippen LogP contribution in [0.15, 0.2) is 12.1 Å². The Bertz CT molecular complexity index is 534. The van der Waals surface area contributed by atoms with Gasteiger partial charge in [-0.15, -0.1) is 0 Å². The van der Waals surface area contributed by atoms with Gasteiger partial charge >= 0.3 is 6.18 Å². The van der Waals surface area contributed by atoms with Crippen LogP contribution in [0.25, 0.3) is 0 Å². The first-order valence-electron chi connectivity index (χ1n) is 7.05. The summed E-state index contributed by atoms with van der Waals surface area (Å²) < 4.78 is 50.4. The molecule has 1 aromatic rings. The third-order valence-electron chi connectivity index (χ3n) is 4.19. The SMILES string of the molecule is COc1cc(C2CC(CN)CN2C)c(C(F)(F)F)cc1OC. The van der Waals surface area contributed by atoms with E-state index in [1.807, 2.05) is 11.9 Å². The van der Waals surface area contributed by atoms with Crippen molar-refractivity contribution in [3.8, 4) is 11.5 Å². The second-order valence-corrected chi connectivity index (χ2v) is 5.59. The highest BCUT2D eigenvalue weighted by atomic mass is 19.4. The summed E-state index contributed by atoms with van der Waals surface area (Å²) in [4.78, 5) is 1.91. The van der Waals surface area contributed by atoms with Crippen LogP contribution >= 0.6 is 0 Å². The van der Waals surface area contributed by atoms with Crippen LogP contribution < -0.4 is 15.2 Å². The molecule has 0 aromatic heterocycles. The fourth-order valence-corrected chi connectivity index (χ4v) is 3.06. The second kappa shape index (κ2) is 6.34. The molecule has 7 heteroatoms. The second-order valence-electron chi connectivity index (χ2n) is 5.59. The van der Waals surface area contributed by atoms with Crippen molar-refractivity contribution in [1.29, 1.82) is 0 Å². The minimum atomic E-state index is -4.45. The van der Waals surface area contributed by atoms with Gasteiger partial charge in [0.1, 0.15) is 0 Å². The summed E-state index contributed by atoms with van der Waals surface area (Å²) in [6.07, 6.45) is -3.85. The third kappa shape index (κ3) is 3.15. The summed E-state index contributed by atoms with van der Waals surface area (Å²) in [6.45, 7) is 1.16. The van der Waals surface area contributed by atoms with Gasteiger partial charge in [0.2, 0.25) is 0 Å². The van der Waals surface area contributed by atoms with E-state index in [0.717, 1.165) is 6.07 Å². The third-order valence-corrected chi connectivity index (χ3v) is 4.19. The van der Waals surface area contributed by atoms with Crippen LogP contribution in [0.3, 0.4) is 0 Å². The van der Waals surface area contributed by atoms with E-state index in [2.05, 4.69) is 0 Å². The Kier molecular flexibility index (Phi) is 4.87. The molecule has 1 heterocycles. The Hall–Kier alpha value is -1.47. The van der Waals surface area contributed by atoms with E-state index < -0.39 is 11.7 Å². The number of rotatable bonds is 4. The molecule has 2 unspecified atom stereocenters. The smallest absolute Gasteiger partial charge is 0.416 e. The predicted molar refractivity (Wildman–Crippen MR) is 77.1 cm³/mol. The number of hydrogen-bond donors (Lipinski definition) is 1. The van der Waals surface area contributed by atoms with E-state index >= 15 is 0 Å². The van der Waals surface area contributed by atoms with E-state index in [1.165, 1.54) is 20.3 Å². The van der Waals surface area contributed by atoms with Gasteiger partial charge in [-0.05, 0) is 43.6 Å². The molecule has 0 spiro atoms. The molecule has 1 aliphatic rings. The quantitative estimate of drug-likeness (QED) is 0.927. The van der Waals surface area contributed by atoms with Crippen LogP contribution in [0.2, 0.25) is 0 Å². The lowest BCUT2D eigenvalue weighted by atomic mass is 9.94. The van der Waals surface area contributed by atoms with Crippen molar-refractivity contribution in [3.63, 3.8) is 0 Å². The van der Waals surface area contributed by atoms with Gasteiger partial charge in [0, 0.05) is 12.6 Å². The molecule has 1 fully saturated rings. The highest BCUT2D eigenvalue weighted by Gasteiger charge is 2.40. The lowest BCUT2D eigenvalue weighted by Gasteiger charge is -2.25. The summed E-state index contributed by atoms with van der Waals surface area (Å²) in [5.41, 5.74) is 5.20. The van der Waals surface area contributed by atoms with Crippen molar-refractivity contribution in [1.82, 2.24) is 4.90 Å². The largest absolute Gasteiger partial charge is 0.493 e. The van der Waals surface area contributed by atoms with Gasteiger partial charge in [-0.3, -0.25) is 4.90 Å². The van der Waals surface area contributed by atoms with Gasteiger partial charge in [-0.1, -0.05) is 0 Å². The standard InChI is InChI=1S/C15H21F3N2O2/c1-20-8-9(7-19)4-12(20)10-5-13(21-2)14(22-3)6-11(10)15(16,17)18/h5-6,9,12H,4,7-8,19H2,1-3H3. The van der Waals surface area contributed by atoms with Crippen molar-refractivity contribution in [2.75, 3.05) is 34.4 Å². The number of halogens is 3. The van der Waals surface area contributed by atoms with Crippen molar-refractivity contribution < 1.29 is 22.6 Å². The van der Waals surface area contributed by atoms with Crippen LogP contribution in [0.1, 0.15) is 23.6 Å². The molecule has 0 radical (unpaired) electrons. The van der Waals surface area contributed by atoms with Gasteiger partial charge in [0.05, 0.1) is 19.8 Å². The maximum absolute atomic E-state index is 13.4. The molecule has 1 aromatic carbocycles. The maximum atomic E-state index is 13.4. The summed E-state index contributed by atoms with van der Waals surface area (Å²) in [5, 5.41) is 0. The van der Waals surface area contributed by atoms with Crippen LogP contribution in [-0.2, 0) is 6.18 Å². The minimum absolute atomic E-state index is 0.0783. The Labute approximate surface area is 128 Å². The number of hydrogen-bond acceptors (Lipinski definition) is 4. The first-order valence-corrected chi connectivity index (χ1v) is 7.05. The number of likely N-dealkylation sites (tertiary alicyclic amines) is 1. The topological polar surface area (TPSA) is 47.7 Å². The number of nitrogens with two attached hydrogens (primary N) is 1. The average molecular weight is 318 g/mol. The molecule has 22 heavy (non-hydrogen) atoms. The summed E-state index contributed by atoms with van der Waals surface area (Å²) in [7, 11) is 4.55. The molecule has 0 amide bonds. The fourth-order valence-electron chi connectivity index (χ4n) is 3.06. The number of nitrogens with zero attached hydrogens (tertiary/aromatic N) is 1. The number of ether oxygens (including phenoxy) is 2. The van der Waals surface area contributed by atoms with Crippen molar-refractivity contribution in [3.05, 3.63) is 23.3 Å².